The predicted molar refractivity (Wildman–Crippen MR) is 190 cm³/mol. The Morgan fingerprint density at radius 3 is 2.23 bits per heavy atom. The molecule has 7 aromatic rings. The van der Waals surface area contributed by atoms with Gasteiger partial charge in [-0.2, -0.15) is 5.10 Å². The number of hydrogen-bond acceptors (Lipinski definition) is 3. The average molecular weight is 623 g/mol. The standard InChI is InChI=1S/C41H39FN4O/c1-6-11-35-41(40-27(4)13-10-14-28(40)5)37(12-7-2)46(44-35)30-21-26(3)22-32(24-30)47-31-17-18-34-33-15-8-9-16-36(33)45(38(34)25-31)39-23-29(42)19-20-43-39/h8-10,13-25H,6-7,11-12H2,1-5H3. The van der Waals surface area contributed by atoms with Crippen LogP contribution in [-0.2, 0) is 12.8 Å². The second kappa shape index (κ2) is 12.5. The summed E-state index contributed by atoms with van der Waals surface area (Å²) >= 11 is 0. The van der Waals surface area contributed by atoms with E-state index in [4.69, 9.17) is 9.84 Å². The molecule has 7 rings (SSSR count). The first-order valence-corrected chi connectivity index (χ1v) is 16.5. The zero-order valence-electron chi connectivity index (χ0n) is 27.6. The van der Waals surface area contributed by atoms with Gasteiger partial charge in [0.25, 0.3) is 0 Å². The van der Waals surface area contributed by atoms with Crippen LogP contribution in [-0.4, -0.2) is 19.3 Å². The van der Waals surface area contributed by atoms with Crippen molar-refractivity contribution in [1.82, 2.24) is 19.3 Å². The van der Waals surface area contributed by atoms with Gasteiger partial charge in [0.2, 0.25) is 0 Å². The molecule has 0 saturated heterocycles. The van der Waals surface area contributed by atoms with Gasteiger partial charge in [-0.1, -0.05) is 63.1 Å². The molecular formula is C41H39FN4O. The molecular weight excluding hydrogens is 583 g/mol. The summed E-state index contributed by atoms with van der Waals surface area (Å²) in [6.45, 7) is 10.9. The Kier molecular flexibility index (Phi) is 8.10. The molecule has 47 heavy (non-hydrogen) atoms. The van der Waals surface area contributed by atoms with E-state index in [0.717, 1.165) is 70.2 Å². The number of fused-ring (bicyclic) bond motifs is 3. The van der Waals surface area contributed by atoms with Crippen molar-refractivity contribution in [2.75, 3.05) is 0 Å². The number of hydrogen-bond donors (Lipinski definition) is 0. The Labute approximate surface area is 275 Å². The second-order valence-corrected chi connectivity index (χ2v) is 12.4. The minimum atomic E-state index is -0.329. The number of benzene rings is 4. The normalized spacial score (nSPS) is 11.5. The third kappa shape index (κ3) is 5.58. The van der Waals surface area contributed by atoms with Crippen LogP contribution in [0.15, 0.2) is 97.2 Å². The van der Waals surface area contributed by atoms with Crippen LogP contribution >= 0.6 is 0 Å². The number of pyridine rings is 1. The first kappa shape index (κ1) is 30.4. The number of halogens is 1. The number of para-hydroxylation sites is 1. The number of aryl methyl sites for hydroxylation is 4. The van der Waals surface area contributed by atoms with Crippen molar-refractivity contribution in [3.8, 4) is 34.1 Å². The summed E-state index contributed by atoms with van der Waals surface area (Å²) < 4.78 is 25.1. The lowest BCUT2D eigenvalue weighted by molar-refractivity contribution is 0.482. The van der Waals surface area contributed by atoms with Gasteiger partial charge in [-0.15, -0.1) is 0 Å². The summed E-state index contributed by atoms with van der Waals surface area (Å²) in [5.74, 6) is 1.61. The van der Waals surface area contributed by atoms with E-state index >= 15 is 0 Å². The molecule has 6 heteroatoms. The van der Waals surface area contributed by atoms with Gasteiger partial charge in [-0.25, -0.2) is 14.1 Å². The Morgan fingerprint density at radius 2 is 1.47 bits per heavy atom. The molecule has 0 aliphatic carbocycles. The van der Waals surface area contributed by atoms with Crippen molar-refractivity contribution in [2.45, 2.75) is 60.3 Å². The Hall–Kier alpha value is -5.23. The second-order valence-electron chi connectivity index (χ2n) is 12.4. The van der Waals surface area contributed by atoms with Crippen molar-refractivity contribution in [1.29, 1.82) is 0 Å². The molecule has 3 heterocycles. The lowest BCUT2D eigenvalue weighted by atomic mass is 9.91. The van der Waals surface area contributed by atoms with Crippen LogP contribution in [0.3, 0.4) is 0 Å². The molecule has 0 atom stereocenters. The van der Waals surface area contributed by atoms with Crippen molar-refractivity contribution >= 4 is 21.8 Å². The molecule has 0 unspecified atom stereocenters. The van der Waals surface area contributed by atoms with Crippen LogP contribution in [0.5, 0.6) is 11.5 Å². The first-order valence-electron chi connectivity index (χ1n) is 16.5. The fraction of sp³-hybridized carbons (Fsp3) is 0.220. The molecule has 0 aliphatic rings. The summed E-state index contributed by atoms with van der Waals surface area (Å²) in [4.78, 5) is 4.50. The number of ether oxygens (including phenoxy) is 1. The molecule has 236 valence electrons. The largest absolute Gasteiger partial charge is 0.457 e. The molecule has 0 spiro atoms. The zero-order chi connectivity index (χ0) is 32.7. The van der Waals surface area contributed by atoms with Crippen LogP contribution in [0.4, 0.5) is 4.39 Å². The first-order chi connectivity index (χ1) is 22.9. The highest BCUT2D eigenvalue weighted by Gasteiger charge is 2.23. The Balaban J connectivity index is 1.34. The third-order valence-corrected chi connectivity index (χ3v) is 8.86. The number of nitrogens with zero attached hydrogens (tertiary/aromatic N) is 4. The van der Waals surface area contributed by atoms with Gasteiger partial charge in [0.15, 0.2) is 0 Å². The van der Waals surface area contributed by atoms with Crippen LogP contribution in [0, 0.1) is 26.6 Å². The molecule has 0 fully saturated rings. The summed E-state index contributed by atoms with van der Waals surface area (Å²) in [6, 6.07) is 29.9. The van der Waals surface area contributed by atoms with Crippen LogP contribution in [0.1, 0.15) is 54.8 Å². The highest BCUT2D eigenvalue weighted by Crippen LogP contribution is 2.38. The van der Waals surface area contributed by atoms with E-state index < -0.39 is 0 Å². The SMILES string of the molecule is CCCc1nn(-c2cc(C)cc(Oc3ccc4c5ccccc5n(-c5cc(F)ccn5)c4c3)c2)c(CCC)c1-c1c(C)cccc1C. The van der Waals surface area contributed by atoms with Crippen LogP contribution in [0.25, 0.3) is 44.4 Å². The van der Waals surface area contributed by atoms with Gasteiger partial charge in [0, 0.05) is 40.7 Å². The van der Waals surface area contributed by atoms with Gasteiger partial charge < -0.3 is 4.74 Å². The Bertz CT molecular complexity index is 2240. The molecule has 0 bridgehead atoms. The molecule has 0 radical (unpaired) electrons. The molecule has 0 N–H and O–H groups in total. The lowest BCUT2D eigenvalue weighted by Gasteiger charge is -2.15. The molecule has 5 nitrogen and oxygen atoms in total. The fourth-order valence-corrected chi connectivity index (χ4v) is 6.92. The minimum Gasteiger partial charge on any atom is -0.457 e. The quantitative estimate of drug-likeness (QED) is 0.161. The summed E-state index contributed by atoms with van der Waals surface area (Å²) in [6.07, 6.45) is 5.36. The number of rotatable bonds is 9. The average Bonchev–Trinajstić information content (AvgIpc) is 3.56. The van der Waals surface area contributed by atoms with Gasteiger partial charge in [0.1, 0.15) is 23.1 Å². The maximum Gasteiger partial charge on any atom is 0.140 e. The summed E-state index contributed by atoms with van der Waals surface area (Å²) in [5.41, 5.74) is 11.4. The van der Waals surface area contributed by atoms with E-state index in [0.29, 0.717) is 11.6 Å². The molecule has 4 aromatic carbocycles. The van der Waals surface area contributed by atoms with E-state index in [1.54, 1.807) is 0 Å². The lowest BCUT2D eigenvalue weighted by Crippen LogP contribution is -2.04. The van der Waals surface area contributed by atoms with Gasteiger partial charge in [0.05, 0.1) is 28.1 Å². The fourth-order valence-electron chi connectivity index (χ4n) is 6.92. The van der Waals surface area contributed by atoms with Crippen molar-refractivity contribution in [2.24, 2.45) is 0 Å². The monoisotopic (exact) mass is 622 g/mol. The molecule has 0 saturated carbocycles. The third-order valence-electron chi connectivity index (χ3n) is 8.86. The molecule has 0 aliphatic heterocycles. The van der Waals surface area contributed by atoms with Gasteiger partial charge in [-0.3, -0.25) is 4.57 Å². The maximum absolute atomic E-state index is 14.3. The van der Waals surface area contributed by atoms with E-state index in [1.165, 1.54) is 46.3 Å². The minimum absolute atomic E-state index is 0.329. The maximum atomic E-state index is 14.3. The highest BCUT2D eigenvalue weighted by molar-refractivity contribution is 6.09. The molecule has 0 amide bonds. The zero-order valence-corrected chi connectivity index (χ0v) is 27.6. The number of aromatic nitrogens is 4. The van der Waals surface area contributed by atoms with Crippen molar-refractivity contribution < 1.29 is 9.13 Å². The Morgan fingerprint density at radius 1 is 0.702 bits per heavy atom. The summed E-state index contributed by atoms with van der Waals surface area (Å²) in [5, 5.41) is 7.39. The summed E-state index contributed by atoms with van der Waals surface area (Å²) in [7, 11) is 0. The van der Waals surface area contributed by atoms with Crippen molar-refractivity contribution in [3.05, 3.63) is 131 Å². The highest BCUT2D eigenvalue weighted by atomic mass is 19.1. The van der Waals surface area contributed by atoms with E-state index in [9.17, 15) is 4.39 Å². The van der Waals surface area contributed by atoms with Gasteiger partial charge >= 0.3 is 0 Å². The van der Waals surface area contributed by atoms with Crippen LogP contribution < -0.4 is 4.74 Å². The topological polar surface area (TPSA) is 44.9 Å². The van der Waals surface area contributed by atoms with Crippen molar-refractivity contribution in [3.63, 3.8) is 0 Å². The predicted octanol–water partition coefficient (Wildman–Crippen LogP) is 10.8. The molecule has 3 aromatic heterocycles. The smallest absolute Gasteiger partial charge is 0.140 e. The van der Waals surface area contributed by atoms with E-state index in [-0.39, 0.29) is 5.82 Å². The van der Waals surface area contributed by atoms with Crippen LogP contribution in [0.2, 0.25) is 0 Å². The van der Waals surface area contributed by atoms with Gasteiger partial charge in [-0.05, 0) is 92.3 Å². The van der Waals surface area contributed by atoms with E-state index in [1.807, 2.05) is 34.9 Å². The van der Waals surface area contributed by atoms with E-state index in [2.05, 4.69) is 92.8 Å².